The summed E-state index contributed by atoms with van der Waals surface area (Å²) in [6.45, 7) is 2.33. The Morgan fingerprint density at radius 1 is 1.12 bits per heavy atom. The maximum atomic E-state index is 12.5. The average Bonchev–Trinajstić information content (AvgIpc) is 3.02. The van der Waals surface area contributed by atoms with Gasteiger partial charge in [0.05, 0.1) is 24.9 Å². The van der Waals surface area contributed by atoms with Crippen LogP contribution in [0, 0.1) is 6.92 Å². The first-order valence-corrected chi connectivity index (χ1v) is 8.02. The maximum absolute atomic E-state index is 12.5. The van der Waals surface area contributed by atoms with Gasteiger partial charge >= 0.3 is 5.97 Å². The fourth-order valence-electron chi connectivity index (χ4n) is 2.51. The summed E-state index contributed by atoms with van der Waals surface area (Å²) in [5.74, 6) is -0.852. The van der Waals surface area contributed by atoms with Crippen LogP contribution in [0.25, 0.3) is 0 Å². The van der Waals surface area contributed by atoms with Crippen LogP contribution in [0.15, 0.2) is 54.6 Å². The number of ether oxygens (including phenoxy) is 1. The number of nitrogens with one attached hydrogen (secondary N) is 1. The standard InChI is InChI=1S/C19H18N4O3/c1-13-17(21-22-23(13)12-14-7-4-3-5-8-14)18(24)20-16-10-6-9-15(11-16)19(25)26-2/h3-11H,12H2,1-2H3,(H,20,24). The largest absolute Gasteiger partial charge is 0.465 e. The van der Waals surface area contributed by atoms with E-state index in [1.165, 1.54) is 7.11 Å². The molecule has 0 unspecified atom stereocenters. The molecule has 0 saturated carbocycles. The van der Waals surface area contributed by atoms with Crippen LogP contribution >= 0.6 is 0 Å². The van der Waals surface area contributed by atoms with Gasteiger partial charge in [0.15, 0.2) is 5.69 Å². The Labute approximate surface area is 150 Å². The number of aromatic nitrogens is 3. The number of benzene rings is 2. The summed E-state index contributed by atoms with van der Waals surface area (Å²) in [6, 6.07) is 16.3. The molecule has 2 aromatic carbocycles. The number of esters is 1. The molecule has 1 heterocycles. The second kappa shape index (κ2) is 7.60. The van der Waals surface area contributed by atoms with Crippen molar-refractivity contribution in [3.8, 4) is 0 Å². The molecule has 26 heavy (non-hydrogen) atoms. The molecule has 0 fully saturated rings. The molecule has 0 bridgehead atoms. The zero-order chi connectivity index (χ0) is 18.5. The first-order chi connectivity index (χ1) is 12.6. The smallest absolute Gasteiger partial charge is 0.337 e. The first-order valence-electron chi connectivity index (χ1n) is 8.02. The summed E-state index contributed by atoms with van der Waals surface area (Å²) < 4.78 is 6.36. The SMILES string of the molecule is COC(=O)c1cccc(NC(=O)c2nnn(Cc3ccccc3)c2C)c1. The highest BCUT2D eigenvalue weighted by molar-refractivity contribution is 6.04. The quantitative estimate of drug-likeness (QED) is 0.715. The van der Waals surface area contributed by atoms with Crippen LogP contribution in [0.2, 0.25) is 0 Å². The van der Waals surface area contributed by atoms with E-state index in [-0.39, 0.29) is 11.6 Å². The molecule has 7 heteroatoms. The van der Waals surface area contributed by atoms with Gasteiger partial charge in [-0.15, -0.1) is 5.10 Å². The number of rotatable bonds is 5. The number of methoxy groups -OCH3 is 1. The number of hydrogen-bond donors (Lipinski definition) is 1. The minimum Gasteiger partial charge on any atom is -0.465 e. The van der Waals surface area contributed by atoms with Gasteiger partial charge in [0, 0.05) is 5.69 Å². The molecule has 0 saturated heterocycles. The van der Waals surface area contributed by atoms with E-state index in [2.05, 4.69) is 20.4 Å². The molecule has 7 nitrogen and oxygen atoms in total. The Hall–Kier alpha value is -3.48. The number of nitrogens with zero attached hydrogens (tertiary/aromatic N) is 3. The molecule has 0 radical (unpaired) electrons. The molecular weight excluding hydrogens is 332 g/mol. The van der Waals surface area contributed by atoms with Gasteiger partial charge in [-0.05, 0) is 30.7 Å². The molecule has 1 N–H and O–H groups in total. The minimum atomic E-state index is -0.467. The van der Waals surface area contributed by atoms with Gasteiger partial charge in [0.25, 0.3) is 5.91 Å². The highest BCUT2D eigenvalue weighted by atomic mass is 16.5. The minimum absolute atomic E-state index is 0.240. The van der Waals surface area contributed by atoms with Crippen LogP contribution < -0.4 is 5.32 Å². The van der Waals surface area contributed by atoms with Crippen LogP contribution in [0.1, 0.15) is 32.1 Å². The number of anilines is 1. The third kappa shape index (κ3) is 3.77. The normalized spacial score (nSPS) is 10.4. The van der Waals surface area contributed by atoms with Crippen molar-refractivity contribution in [1.29, 1.82) is 0 Å². The molecule has 1 aromatic heterocycles. The number of hydrogen-bond acceptors (Lipinski definition) is 5. The zero-order valence-electron chi connectivity index (χ0n) is 14.5. The van der Waals surface area contributed by atoms with Crippen LogP contribution in [0.4, 0.5) is 5.69 Å². The van der Waals surface area contributed by atoms with Gasteiger partial charge in [-0.3, -0.25) is 4.79 Å². The van der Waals surface area contributed by atoms with Gasteiger partial charge in [-0.2, -0.15) is 0 Å². The predicted octanol–water partition coefficient (Wildman–Crippen LogP) is 2.67. The summed E-state index contributed by atoms with van der Waals surface area (Å²) in [6.07, 6.45) is 0. The summed E-state index contributed by atoms with van der Waals surface area (Å²) in [4.78, 5) is 24.1. The molecule has 3 rings (SSSR count). The monoisotopic (exact) mass is 350 g/mol. The van der Waals surface area contributed by atoms with Crippen molar-refractivity contribution in [2.75, 3.05) is 12.4 Å². The summed E-state index contributed by atoms with van der Waals surface area (Å²) in [5.41, 5.74) is 2.81. The molecule has 0 aliphatic rings. The zero-order valence-corrected chi connectivity index (χ0v) is 14.5. The Morgan fingerprint density at radius 3 is 2.62 bits per heavy atom. The van der Waals surface area contributed by atoms with E-state index in [0.717, 1.165) is 5.56 Å². The molecule has 3 aromatic rings. The lowest BCUT2D eigenvalue weighted by atomic mass is 10.2. The Balaban J connectivity index is 1.76. The van der Waals surface area contributed by atoms with E-state index < -0.39 is 5.97 Å². The lowest BCUT2D eigenvalue weighted by Gasteiger charge is -2.06. The summed E-state index contributed by atoms with van der Waals surface area (Å²) in [7, 11) is 1.31. The van der Waals surface area contributed by atoms with Crippen LogP contribution in [0.5, 0.6) is 0 Å². The van der Waals surface area contributed by atoms with Crippen molar-refractivity contribution >= 4 is 17.6 Å². The molecule has 0 spiro atoms. The van der Waals surface area contributed by atoms with Crippen LogP contribution in [0.3, 0.4) is 0 Å². The first kappa shape index (κ1) is 17.3. The van der Waals surface area contributed by atoms with E-state index >= 15 is 0 Å². The molecule has 0 aliphatic heterocycles. The van der Waals surface area contributed by atoms with E-state index in [1.54, 1.807) is 35.9 Å². The fraction of sp³-hybridized carbons (Fsp3) is 0.158. The summed E-state index contributed by atoms with van der Waals surface area (Å²) >= 11 is 0. The van der Waals surface area contributed by atoms with Crippen molar-refractivity contribution in [3.63, 3.8) is 0 Å². The van der Waals surface area contributed by atoms with Gasteiger partial charge in [-0.1, -0.05) is 41.6 Å². The summed E-state index contributed by atoms with van der Waals surface area (Å²) in [5, 5.41) is 10.8. The highest BCUT2D eigenvalue weighted by Crippen LogP contribution is 2.14. The van der Waals surface area contributed by atoms with Crippen LogP contribution in [-0.2, 0) is 11.3 Å². The predicted molar refractivity (Wildman–Crippen MR) is 96.0 cm³/mol. The van der Waals surface area contributed by atoms with E-state index in [4.69, 9.17) is 0 Å². The third-order valence-corrected chi connectivity index (χ3v) is 3.91. The number of amides is 1. The second-order valence-corrected chi connectivity index (χ2v) is 5.69. The topological polar surface area (TPSA) is 86.1 Å². The molecule has 132 valence electrons. The van der Waals surface area contributed by atoms with Gasteiger partial charge in [-0.25, -0.2) is 9.48 Å². The fourth-order valence-corrected chi connectivity index (χ4v) is 2.51. The molecular formula is C19H18N4O3. The number of carbonyl (C=O) groups is 2. The lowest BCUT2D eigenvalue weighted by Crippen LogP contribution is -2.15. The Morgan fingerprint density at radius 2 is 1.88 bits per heavy atom. The molecule has 0 aliphatic carbocycles. The molecule has 0 atom stereocenters. The van der Waals surface area contributed by atoms with Crippen molar-refractivity contribution in [1.82, 2.24) is 15.0 Å². The Kier molecular flexibility index (Phi) is 5.07. The van der Waals surface area contributed by atoms with E-state index in [9.17, 15) is 9.59 Å². The van der Waals surface area contributed by atoms with Crippen molar-refractivity contribution < 1.29 is 14.3 Å². The van der Waals surface area contributed by atoms with E-state index in [1.807, 2.05) is 30.3 Å². The number of carbonyl (C=O) groups excluding carboxylic acids is 2. The van der Waals surface area contributed by atoms with Crippen LogP contribution in [-0.4, -0.2) is 34.0 Å². The highest BCUT2D eigenvalue weighted by Gasteiger charge is 2.17. The average molecular weight is 350 g/mol. The lowest BCUT2D eigenvalue weighted by molar-refractivity contribution is 0.0600. The molecule has 1 amide bonds. The van der Waals surface area contributed by atoms with Crippen molar-refractivity contribution in [3.05, 3.63) is 77.1 Å². The maximum Gasteiger partial charge on any atom is 0.337 e. The van der Waals surface area contributed by atoms with Crippen molar-refractivity contribution in [2.24, 2.45) is 0 Å². The van der Waals surface area contributed by atoms with Gasteiger partial charge in [0.2, 0.25) is 0 Å². The van der Waals surface area contributed by atoms with Gasteiger partial charge in [0.1, 0.15) is 0 Å². The van der Waals surface area contributed by atoms with Gasteiger partial charge < -0.3 is 10.1 Å². The third-order valence-electron chi connectivity index (χ3n) is 3.91. The van der Waals surface area contributed by atoms with E-state index in [0.29, 0.717) is 23.5 Å². The Bertz CT molecular complexity index is 935. The second-order valence-electron chi connectivity index (χ2n) is 5.69. The van der Waals surface area contributed by atoms with Crippen molar-refractivity contribution in [2.45, 2.75) is 13.5 Å².